The largest absolute Gasteiger partial charge is 0.481 e. The van der Waals surface area contributed by atoms with Crippen molar-refractivity contribution >= 4 is 29.3 Å². The molecule has 0 aliphatic carbocycles. The van der Waals surface area contributed by atoms with Gasteiger partial charge in [0.15, 0.2) is 0 Å². The predicted octanol–water partition coefficient (Wildman–Crippen LogP) is 3.59. The second kappa shape index (κ2) is 7.92. The van der Waals surface area contributed by atoms with Crippen molar-refractivity contribution in [1.82, 2.24) is 9.97 Å². The minimum absolute atomic E-state index is 0.303. The molecule has 0 saturated heterocycles. The highest BCUT2D eigenvalue weighted by molar-refractivity contribution is 7.98. The minimum Gasteiger partial charge on any atom is -0.481 e. The average molecular weight is 407 g/mol. The highest BCUT2D eigenvalue weighted by atomic mass is 32.2. The van der Waals surface area contributed by atoms with Crippen LogP contribution in [0.3, 0.4) is 0 Å². The molecule has 0 N–H and O–H groups in total. The quantitative estimate of drug-likeness (QED) is 0.456. The number of hydrogen-bond donors (Lipinski definition) is 0. The Bertz CT molecular complexity index is 1030. The number of imide groups is 1. The van der Waals surface area contributed by atoms with Gasteiger partial charge in [0.05, 0.1) is 42.9 Å². The maximum Gasteiger partial charge on any atom is 0.266 e. The smallest absolute Gasteiger partial charge is 0.266 e. The Morgan fingerprint density at radius 1 is 0.862 bits per heavy atom. The van der Waals surface area contributed by atoms with Gasteiger partial charge in [0.25, 0.3) is 11.8 Å². The fraction of sp³-hybridized carbons (Fsp3) is 0.143. The van der Waals surface area contributed by atoms with E-state index in [1.807, 2.05) is 12.1 Å². The molecule has 2 heterocycles. The normalized spacial score (nSPS) is 12.8. The summed E-state index contributed by atoms with van der Waals surface area (Å²) in [6.07, 6.45) is 0. The van der Waals surface area contributed by atoms with Gasteiger partial charge in [-0.05, 0) is 36.4 Å². The van der Waals surface area contributed by atoms with Gasteiger partial charge in [0.2, 0.25) is 11.8 Å². The van der Waals surface area contributed by atoms with E-state index < -0.39 is 0 Å². The van der Waals surface area contributed by atoms with E-state index in [2.05, 4.69) is 9.97 Å². The number of benzene rings is 2. The standard InChI is InChI=1S/C21H17N3O4S/c1-27-18-11-19(28-2)23-17(22-18)12-29-14-9-7-13(8-10-14)24-20(25)15-5-3-4-6-16(15)21(24)26/h3-11H,12H2,1-2H3. The average Bonchev–Trinajstić information content (AvgIpc) is 3.03. The lowest BCUT2D eigenvalue weighted by Gasteiger charge is -2.14. The van der Waals surface area contributed by atoms with Gasteiger partial charge < -0.3 is 9.47 Å². The van der Waals surface area contributed by atoms with E-state index in [-0.39, 0.29) is 11.8 Å². The van der Waals surface area contributed by atoms with Crippen LogP contribution in [0.5, 0.6) is 11.8 Å². The summed E-state index contributed by atoms with van der Waals surface area (Å²) in [5, 5.41) is 0. The first-order valence-electron chi connectivity index (χ1n) is 8.77. The van der Waals surface area contributed by atoms with Gasteiger partial charge in [0.1, 0.15) is 5.82 Å². The predicted molar refractivity (Wildman–Crippen MR) is 109 cm³/mol. The summed E-state index contributed by atoms with van der Waals surface area (Å²) in [5.41, 5.74) is 1.40. The first-order chi connectivity index (χ1) is 14.1. The number of anilines is 1. The number of aromatic nitrogens is 2. The van der Waals surface area contributed by atoms with Gasteiger partial charge >= 0.3 is 0 Å². The van der Waals surface area contributed by atoms with Crippen molar-refractivity contribution in [2.45, 2.75) is 10.6 Å². The van der Waals surface area contributed by atoms with Gasteiger partial charge in [-0.2, -0.15) is 9.97 Å². The van der Waals surface area contributed by atoms with E-state index in [1.165, 1.54) is 30.9 Å². The molecule has 1 aliphatic rings. The topological polar surface area (TPSA) is 81.6 Å². The van der Waals surface area contributed by atoms with Crippen LogP contribution in [0, 0.1) is 0 Å². The van der Waals surface area contributed by atoms with Crippen molar-refractivity contribution in [3.8, 4) is 11.8 Å². The summed E-state index contributed by atoms with van der Waals surface area (Å²) in [7, 11) is 3.08. The summed E-state index contributed by atoms with van der Waals surface area (Å²) >= 11 is 1.53. The van der Waals surface area contributed by atoms with Crippen LogP contribution in [-0.2, 0) is 5.75 Å². The Kier molecular flexibility index (Phi) is 5.18. The van der Waals surface area contributed by atoms with Crippen molar-refractivity contribution in [2.24, 2.45) is 0 Å². The van der Waals surface area contributed by atoms with Gasteiger partial charge in [-0.3, -0.25) is 9.59 Å². The SMILES string of the molecule is COc1cc(OC)nc(CSc2ccc(N3C(=O)c4ccccc4C3=O)cc2)n1. The Morgan fingerprint density at radius 2 is 1.41 bits per heavy atom. The third-order valence-corrected chi connectivity index (χ3v) is 5.41. The molecule has 0 spiro atoms. The molecule has 0 saturated carbocycles. The van der Waals surface area contributed by atoms with Crippen LogP contribution in [0.15, 0.2) is 59.5 Å². The van der Waals surface area contributed by atoms with E-state index in [0.717, 1.165) is 4.90 Å². The van der Waals surface area contributed by atoms with E-state index >= 15 is 0 Å². The fourth-order valence-electron chi connectivity index (χ4n) is 2.99. The van der Waals surface area contributed by atoms with E-state index in [0.29, 0.717) is 40.2 Å². The van der Waals surface area contributed by atoms with Crippen molar-refractivity contribution in [3.05, 3.63) is 71.5 Å². The molecule has 146 valence electrons. The molecule has 1 aromatic heterocycles. The van der Waals surface area contributed by atoms with Gasteiger partial charge in [-0.15, -0.1) is 11.8 Å². The molecule has 0 fully saturated rings. The Hall–Kier alpha value is -3.39. The highest BCUT2D eigenvalue weighted by Crippen LogP contribution is 2.30. The van der Waals surface area contributed by atoms with Crippen LogP contribution in [0.1, 0.15) is 26.5 Å². The van der Waals surface area contributed by atoms with Gasteiger partial charge in [0, 0.05) is 4.90 Å². The van der Waals surface area contributed by atoms with Crippen molar-refractivity contribution in [2.75, 3.05) is 19.1 Å². The second-order valence-electron chi connectivity index (χ2n) is 6.14. The minimum atomic E-state index is -0.303. The summed E-state index contributed by atoms with van der Waals surface area (Å²) < 4.78 is 10.3. The third-order valence-electron chi connectivity index (χ3n) is 4.40. The molecule has 0 bridgehead atoms. The van der Waals surface area contributed by atoms with Crippen molar-refractivity contribution < 1.29 is 19.1 Å². The zero-order valence-electron chi connectivity index (χ0n) is 15.8. The molecule has 2 aromatic carbocycles. The van der Waals surface area contributed by atoms with Gasteiger partial charge in [-0.1, -0.05) is 12.1 Å². The number of hydrogen-bond acceptors (Lipinski definition) is 7. The molecule has 8 heteroatoms. The second-order valence-corrected chi connectivity index (χ2v) is 7.19. The summed E-state index contributed by atoms with van der Waals surface area (Å²) in [6.45, 7) is 0. The molecule has 2 amide bonds. The van der Waals surface area contributed by atoms with Gasteiger partial charge in [-0.25, -0.2) is 4.90 Å². The number of fused-ring (bicyclic) bond motifs is 1. The molecular weight excluding hydrogens is 390 g/mol. The number of carbonyl (C=O) groups excluding carboxylic acids is 2. The number of rotatable bonds is 6. The molecule has 4 rings (SSSR count). The molecule has 7 nitrogen and oxygen atoms in total. The number of nitrogens with zero attached hydrogens (tertiary/aromatic N) is 3. The zero-order valence-corrected chi connectivity index (χ0v) is 16.6. The lowest BCUT2D eigenvalue weighted by molar-refractivity contribution is 0.0926. The first kappa shape index (κ1) is 18.9. The molecule has 29 heavy (non-hydrogen) atoms. The van der Waals surface area contributed by atoms with Crippen LogP contribution in [0.25, 0.3) is 0 Å². The fourth-order valence-corrected chi connectivity index (χ4v) is 3.74. The summed E-state index contributed by atoms with van der Waals surface area (Å²) in [5.74, 6) is 1.36. The van der Waals surface area contributed by atoms with Crippen LogP contribution in [0.4, 0.5) is 5.69 Å². The summed E-state index contributed by atoms with van der Waals surface area (Å²) in [4.78, 5) is 35.9. The maximum atomic E-state index is 12.6. The molecule has 1 aliphatic heterocycles. The third kappa shape index (κ3) is 3.66. The van der Waals surface area contributed by atoms with Crippen molar-refractivity contribution in [3.63, 3.8) is 0 Å². The van der Waals surface area contributed by atoms with Crippen LogP contribution >= 0.6 is 11.8 Å². The Labute approximate surface area is 171 Å². The van der Waals surface area contributed by atoms with E-state index in [4.69, 9.17) is 9.47 Å². The first-order valence-corrected chi connectivity index (χ1v) is 9.76. The molecule has 3 aromatic rings. The lowest BCUT2D eigenvalue weighted by Crippen LogP contribution is -2.29. The van der Waals surface area contributed by atoms with Crippen molar-refractivity contribution in [1.29, 1.82) is 0 Å². The van der Waals surface area contributed by atoms with Crippen LogP contribution < -0.4 is 14.4 Å². The number of thioether (sulfide) groups is 1. The number of carbonyl (C=O) groups is 2. The number of amides is 2. The highest BCUT2D eigenvalue weighted by Gasteiger charge is 2.36. The number of methoxy groups -OCH3 is 2. The zero-order chi connectivity index (χ0) is 20.4. The van der Waals surface area contributed by atoms with E-state index in [9.17, 15) is 9.59 Å². The lowest BCUT2D eigenvalue weighted by atomic mass is 10.1. The van der Waals surface area contributed by atoms with Crippen LogP contribution in [0.2, 0.25) is 0 Å². The molecular formula is C21H17N3O4S. The molecule has 0 radical (unpaired) electrons. The molecule has 0 unspecified atom stereocenters. The molecule has 0 atom stereocenters. The summed E-state index contributed by atoms with van der Waals surface area (Å²) in [6, 6.07) is 15.7. The maximum absolute atomic E-state index is 12.6. The number of ether oxygens (including phenoxy) is 2. The Balaban J connectivity index is 1.48. The Morgan fingerprint density at radius 3 is 1.93 bits per heavy atom. The monoisotopic (exact) mass is 407 g/mol. The van der Waals surface area contributed by atoms with E-state index in [1.54, 1.807) is 42.5 Å². The van der Waals surface area contributed by atoms with Crippen LogP contribution in [-0.4, -0.2) is 36.0 Å².